The Morgan fingerprint density at radius 3 is 2.48 bits per heavy atom. The molecular weight excluding hydrogens is 346 g/mol. The highest BCUT2D eigenvalue weighted by molar-refractivity contribution is 5.79. The first-order valence-corrected chi connectivity index (χ1v) is 9.07. The average molecular weight is 369 g/mol. The van der Waals surface area contributed by atoms with Crippen molar-refractivity contribution in [1.82, 2.24) is 4.90 Å². The maximum atomic E-state index is 11.2. The molecule has 27 heavy (non-hydrogen) atoms. The van der Waals surface area contributed by atoms with E-state index >= 15 is 0 Å². The molecule has 0 radical (unpaired) electrons. The number of benzene rings is 2. The van der Waals surface area contributed by atoms with Crippen LogP contribution in [0.2, 0.25) is 0 Å². The van der Waals surface area contributed by atoms with Gasteiger partial charge in [-0.3, -0.25) is 19.8 Å². The summed E-state index contributed by atoms with van der Waals surface area (Å²) in [7, 11) is 0. The van der Waals surface area contributed by atoms with Crippen LogP contribution in [-0.2, 0) is 0 Å². The van der Waals surface area contributed by atoms with Gasteiger partial charge in [-0.15, -0.1) is 0 Å². The molecule has 7 heteroatoms. The zero-order valence-electron chi connectivity index (χ0n) is 15.1. The Labute approximate surface area is 158 Å². The van der Waals surface area contributed by atoms with Crippen LogP contribution in [0, 0.1) is 10.1 Å². The first kappa shape index (κ1) is 18.8. The van der Waals surface area contributed by atoms with E-state index in [2.05, 4.69) is 9.80 Å². The zero-order chi connectivity index (χ0) is 19.1. The number of nitro benzene ring substituents is 1. The second-order valence-corrected chi connectivity index (χ2v) is 6.43. The number of anilines is 1. The van der Waals surface area contributed by atoms with Crippen molar-refractivity contribution in [2.45, 2.75) is 6.42 Å². The van der Waals surface area contributed by atoms with Crippen LogP contribution in [0.3, 0.4) is 0 Å². The van der Waals surface area contributed by atoms with Gasteiger partial charge in [0.2, 0.25) is 0 Å². The SMILES string of the molecule is O=Cc1ccccc1OCCCN1CCN(c2ccccc2[N+](=O)[O-])CC1. The summed E-state index contributed by atoms with van der Waals surface area (Å²) >= 11 is 0. The first-order chi connectivity index (χ1) is 13.2. The van der Waals surface area contributed by atoms with Gasteiger partial charge in [-0.25, -0.2) is 0 Å². The summed E-state index contributed by atoms with van der Waals surface area (Å²) in [5.74, 6) is 0.619. The molecule has 1 aliphatic heterocycles. The third-order valence-electron chi connectivity index (χ3n) is 4.71. The Kier molecular flexibility index (Phi) is 6.38. The van der Waals surface area contributed by atoms with E-state index in [0.29, 0.717) is 23.6 Å². The molecule has 0 atom stereocenters. The van der Waals surface area contributed by atoms with Crippen LogP contribution in [0.4, 0.5) is 11.4 Å². The van der Waals surface area contributed by atoms with Crippen LogP contribution in [0.1, 0.15) is 16.8 Å². The number of rotatable bonds is 8. The normalized spacial score (nSPS) is 14.7. The molecule has 0 spiro atoms. The van der Waals surface area contributed by atoms with E-state index in [4.69, 9.17) is 4.74 Å². The van der Waals surface area contributed by atoms with Crippen molar-refractivity contribution in [1.29, 1.82) is 0 Å². The van der Waals surface area contributed by atoms with Crippen LogP contribution in [0.15, 0.2) is 48.5 Å². The van der Waals surface area contributed by atoms with Crippen molar-refractivity contribution in [2.75, 3.05) is 44.2 Å². The van der Waals surface area contributed by atoms with Gasteiger partial charge in [0.15, 0.2) is 6.29 Å². The van der Waals surface area contributed by atoms with E-state index in [-0.39, 0.29) is 10.6 Å². The molecule has 1 saturated heterocycles. The van der Waals surface area contributed by atoms with Crippen LogP contribution in [0.25, 0.3) is 0 Å². The summed E-state index contributed by atoms with van der Waals surface area (Å²) in [6, 6.07) is 14.1. The van der Waals surface area contributed by atoms with Gasteiger partial charge in [-0.2, -0.15) is 0 Å². The van der Waals surface area contributed by atoms with Crippen LogP contribution in [0.5, 0.6) is 5.75 Å². The van der Waals surface area contributed by atoms with E-state index in [1.807, 2.05) is 24.3 Å². The number of aldehydes is 1. The van der Waals surface area contributed by atoms with Crippen molar-refractivity contribution < 1.29 is 14.5 Å². The van der Waals surface area contributed by atoms with Gasteiger partial charge in [-0.1, -0.05) is 24.3 Å². The molecule has 0 saturated carbocycles. The van der Waals surface area contributed by atoms with Gasteiger partial charge in [-0.05, 0) is 24.6 Å². The Morgan fingerprint density at radius 2 is 1.74 bits per heavy atom. The monoisotopic (exact) mass is 369 g/mol. The third-order valence-corrected chi connectivity index (χ3v) is 4.71. The Morgan fingerprint density at radius 1 is 1.04 bits per heavy atom. The fourth-order valence-electron chi connectivity index (χ4n) is 3.28. The number of para-hydroxylation sites is 3. The number of nitro groups is 1. The fraction of sp³-hybridized carbons (Fsp3) is 0.350. The van der Waals surface area contributed by atoms with E-state index in [1.165, 1.54) is 0 Å². The van der Waals surface area contributed by atoms with E-state index in [1.54, 1.807) is 24.3 Å². The second kappa shape index (κ2) is 9.14. The minimum atomic E-state index is -0.323. The lowest BCUT2D eigenvalue weighted by Crippen LogP contribution is -2.47. The third kappa shape index (κ3) is 4.83. The number of carbonyl (C=O) groups is 1. The molecule has 0 unspecified atom stereocenters. The zero-order valence-corrected chi connectivity index (χ0v) is 15.1. The maximum Gasteiger partial charge on any atom is 0.292 e. The van der Waals surface area contributed by atoms with Crippen molar-refractivity contribution in [3.05, 3.63) is 64.2 Å². The molecule has 1 fully saturated rings. The van der Waals surface area contributed by atoms with Gasteiger partial charge in [0.25, 0.3) is 5.69 Å². The molecule has 3 rings (SSSR count). The van der Waals surface area contributed by atoms with Crippen molar-refractivity contribution in [2.24, 2.45) is 0 Å². The first-order valence-electron chi connectivity index (χ1n) is 9.07. The summed E-state index contributed by atoms with van der Waals surface area (Å²) in [6.45, 7) is 4.69. The van der Waals surface area contributed by atoms with Gasteiger partial charge in [0, 0.05) is 38.8 Å². The van der Waals surface area contributed by atoms with Gasteiger partial charge in [0.1, 0.15) is 11.4 Å². The minimum Gasteiger partial charge on any atom is -0.493 e. The molecule has 1 aliphatic rings. The van der Waals surface area contributed by atoms with Crippen molar-refractivity contribution >= 4 is 17.7 Å². The summed E-state index contributed by atoms with van der Waals surface area (Å²) < 4.78 is 5.71. The topological polar surface area (TPSA) is 75.9 Å². The predicted octanol–water partition coefficient (Wildman–Crippen LogP) is 3.00. The molecule has 2 aromatic carbocycles. The molecule has 7 nitrogen and oxygen atoms in total. The predicted molar refractivity (Wildman–Crippen MR) is 104 cm³/mol. The largest absolute Gasteiger partial charge is 0.493 e. The molecular formula is C20H23N3O4. The lowest BCUT2D eigenvalue weighted by atomic mass is 10.2. The number of nitrogens with zero attached hydrogens (tertiary/aromatic N) is 3. The number of hydrogen-bond donors (Lipinski definition) is 0. The van der Waals surface area contributed by atoms with Gasteiger partial charge in [0.05, 0.1) is 17.1 Å². The smallest absolute Gasteiger partial charge is 0.292 e. The molecule has 0 N–H and O–H groups in total. The highest BCUT2D eigenvalue weighted by Gasteiger charge is 2.22. The Balaban J connectivity index is 1.44. The van der Waals surface area contributed by atoms with Crippen LogP contribution < -0.4 is 9.64 Å². The number of ether oxygens (including phenoxy) is 1. The fourth-order valence-corrected chi connectivity index (χ4v) is 3.28. The quantitative estimate of drug-likeness (QED) is 0.308. The van der Waals surface area contributed by atoms with Crippen LogP contribution >= 0.6 is 0 Å². The molecule has 0 aliphatic carbocycles. The summed E-state index contributed by atoms with van der Waals surface area (Å²) in [5, 5.41) is 11.2. The number of carbonyl (C=O) groups excluding carboxylic acids is 1. The standard InChI is InChI=1S/C20H23N3O4/c24-16-17-6-1-4-9-20(17)27-15-5-10-21-11-13-22(14-12-21)18-7-2-3-8-19(18)23(25)26/h1-4,6-9,16H,5,10-15H2. The lowest BCUT2D eigenvalue weighted by molar-refractivity contribution is -0.384. The molecule has 142 valence electrons. The molecule has 1 heterocycles. The van der Waals surface area contributed by atoms with E-state index in [9.17, 15) is 14.9 Å². The van der Waals surface area contributed by atoms with E-state index < -0.39 is 0 Å². The second-order valence-electron chi connectivity index (χ2n) is 6.43. The molecule has 0 amide bonds. The van der Waals surface area contributed by atoms with Gasteiger partial charge >= 0.3 is 0 Å². The summed E-state index contributed by atoms with van der Waals surface area (Å²) in [5.41, 5.74) is 1.42. The average Bonchev–Trinajstić information content (AvgIpc) is 2.72. The number of piperazine rings is 1. The Bertz CT molecular complexity index is 788. The van der Waals surface area contributed by atoms with Crippen molar-refractivity contribution in [3.63, 3.8) is 0 Å². The molecule has 0 bridgehead atoms. The Hall–Kier alpha value is -2.93. The van der Waals surface area contributed by atoms with Gasteiger partial charge < -0.3 is 9.64 Å². The molecule has 2 aromatic rings. The lowest BCUT2D eigenvalue weighted by Gasteiger charge is -2.35. The van der Waals surface area contributed by atoms with Crippen LogP contribution in [-0.4, -0.2) is 55.4 Å². The molecule has 0 aromatic heterocycles. The highest BCUT2D eigenvalue weighted by Crippen LogP contribution is 2.28. The summed E-state index contributed by atoms with van der Waals surface area (Å²) in [6.07, 6.45) is 1.66. The van der Waals surface area contributed by atoms with Crippen molar-refractivity contribution in [3.8, 4) is 5.75 Å². The summed E-state index contributed by atoms with van der Waals surface area (Å²) in [4.78, 5) is 26.3. The highest BCUT2D eigenvalue weighted by atomic mass is 16.6. The maximum absolute atomic E-state index is 11.2. The minimum absolute atomic E-state index is 0.160. The van der Waals surface area contributed by atoms with E-state index in [0.717, 1.165) is 45.4 Å². The number of hydrogen-bond acceptors (Lipinski definition) is 6.